The van der Waals surface area contributed by atoms with E-state index in [2.05, 4.69) is 9.46 Å². The Kier molecular flexibility index (Phi) is 5.67. The van der Waals surface area contributed by atoms with Crippen molar-refractivity contribution in [2.24, 2.45) is 0 Å². The van der Waals surface area contributed by atoms with E-state index >= 15 is 0 Å². The van der Waals surface area contributed by atoms with Gasteiger partial charge in [-0.1, -0.05) is 19.1 Å². The third-order valence-corrected chi connectivity index (χ3v) is 4.36. The molecule has 0 bridgehead atoms. The normalized spacial score (nSPS) is 14.6. The van der Waals surface area contributed by atoms with E-state index in [1.165, 1.54) is 26.2 Å². The lowest BCUT2D eigenvalue weighted by molar-refractivity contribution is -0.142. The molecule has 0 spiro atoms. The number of hydrogen-bond donors (Lipinski definition) is 2. The Bertz CT molecular complexity index is 570. The molecule has 112 valence electrons. The highest BCUT2D eigenvalue weighted by Gasteiger charge is 2.23. The van der Waals surface area contributed by atoms with Crippen molar-refractivity contribution < 1.29 is 23.1 Å². The molecule has 0 fully saturated rings. The number of ether oxygens (including phenoxy) is 1. The predicted molar refractivity (Wildman–Crippen MR) is 73.5 cm³/mol. The van der Waals surface area contributed by atoms with E-state index in [-0.39, 0.29) is 4.90 Å². The van der Waals surface area contributed by atoms with Crippen molar-refractivity contribution in [3.63, 3.8) is 0 Å². The molecule has 6 nitrogen and oxygen atoms in total. The Labute approximate surface area is 118 Å². The van der Waals surface area contributed by atoms with Gasteiger partial charge in [0.05, 0.1) is 18.1 Å². The van der Waals surface area contributed by atoms with Gasteiger partial charge in [0.2, 0.25) is 10.0 Å². The Morgan fingerprint density at radius 1 is 1.45 bits per heavy atom. The molecule has 0 amide bonds. The summed E-state index contributed by atoms with van der Waals surface area (Å²) in [5.41, 5.74) is 0.515. The lowest BCUT2D eigenvalue weighted by Crippen LogP contribution is -2.39. The minimum absolute atomic E-state index is 0.00162. The molecule has 0 heterocycles. The van der Waals surface area contributed by atoms with Gasteiger partial charge in [-0.15, -0.1) is 0 Å². The number of nitrogens with one attached hydrogen (secondary N) is 1. The van der Waals surface area contributed by atoms with E-state index in [4.69, 9.17) is 0 Å². The van der Waals surface area contributed by atoms with E-state index in [1.807, 2.05) is 0 Å². The maximum atomic E-state index is 12.1. The summed E-state index contributed by atoms with van der Waals surface area (Å²) in [4.78, 5) is 11.3. The first-order chi connectivity index (χ1) is 9.31. The van der Waals surface area contributed by atoms with E-state index in [9.17, 15) is 18.3 Å². The zero-order valence-corrected chi connectivity index (χ0v) is 12.5. The minimum Gasteiger partial charge on any atom is -0.468 e. The van der Waals surface area contributed by atoms with Crippen molar-refractivity contribution in [2.75, 3.05) is 7.11 Å². The number of carbonyl (C=O) groups is 1. The van der Waals surface area contributed by atoms with Gasteiger partial charge in [0, 0.05) is 0 Å². The molecule has 20 heavy (non-hydrogen) atoms. The van der Waals surface area contributed by atoms with Gasteiger partial charge in [-0.25, -0.2) is 8.42 Å². The highest BCUT2D eigenvalue weighted by atomic mass is 32.2. The summed E-state index contributed by atoms with van der Waals surface area (Å²) in [6.45, 7) is 3.19. The number of methoxy groups -OCH3 is 1. The van der Waals surface area contributed by atoms with Crippen LogP contribution in [0.4, 0.5) is 0 Å². The summed E-state index contributed by atoms with van der Waals surface area (Å²) in [5.74, 6) is -0.668. The fraction of sp³-hybridized carbons (Fsp3) is 0.462. The van der Waals surface area contributed by atoms with Crippen molar-refractivity contribution in [3.05, 3.63) is 29.8 Å². The zero-order chi connectivity index (χ0) is 15.3. The monoisotopic (exact) mass is 301 g/mol. The molecule has 0 radical (unpaired) electrons. The first kappa shape index (κ1) is 16.6. The van der Waals surface area contributed by atoms with Gasteiger partial charge in [-0.3, -0.25) is 4.79 Å². The molecular weight excluding hydrogens is 282 g/mol. The highest BCUT2D eigenvalue weighted by molar-refractivity contribution is 7.89. The summed E-state index contributed by atoms with van der Waals surface area (Å²) >= 11 is 0. The van der Waals surface area contributed by atoms with Gasteiger partial charge >= 0.3 is 5.97 Å². The second-order valence-electron chi connectivity index (χ2n) is 4.36. The largest absolute Gasteiger partial charge is 0.468 e. The van der Waals surface area contributed by atoms with Crippen LogP contribution in [0.25, 0.3) is 0 Å². The molecule has 0 saturated carbocycles. The van der Waals surface area contributed by atoms with Crippen molar-refractivity contribution >= 4 is 16.0 Å². The number of hydrogen-bond acceptors (Lipinski definition) is 5. The number of rotatable bonds is 6. The molecule has 1 aromatic carbocycles. The van der Waals surface area contributed by atoms with Crippen LogP contribution in [0.2, 0.25) is 0 Å². The van der Waals surface area contributed by atoms with Crippen LogP contribution < -0.4 is 4.72 Å². The van der Waals surface area contributed by atoms with Crippen LogP contribution in [0, 0.1) is 0 Å². The molecule has 2 N–H and O–H groups in total. The number of aliphatic hydroxyl groups excluding tert-OH is 1. The molecule has 0 aromatic heterocycles. The minimum atomic E-state index is -3.84. The molecule has 1 aromatic rings. The fourth-order valence-electron chi connectivity index (χ4n) is 1.65. The van der Waals surface area contributed by atoms with E-state index in [0.29, 0.717) is 12.0 Å². The summed E-state index contributed by atoms with van der Waals surface area (Å²) in [6, 6.07) is 5.01. The third-order valence-electron chi connectivity index (χ3n) is 2.83. The Balaban J connectivity index is 3.01. The van der Waals surface area contributed by atoms with Gasteiger partial charge < -0.3 is 9.84 Å². The van der Waals surface area contributed by atoms with Gasteiger partial charge in [-0.2, -0.15) is 4.72 Å². The first-order valence-corrected chi connectivity index (χ1v) is 7.68. The standard InChI is InChI=1S/C13H19NO5S/c1-4-12(15)10-6-5-7-11(8-10)20(17,18)14-9(2)13(16)19-3/h5-9,12,14-15H,4H2,1-3H3. The van der Waals surface area contributed by atoms with E-state index in [0.717, 1.165) is 0 Å². The molecular formula is C13H19NO5S. The molecule has 2 unspecified atom stereocenters. The maximum absolute atomic E-state index is 12.1. The first-order valence-electron chi connectivity index (χ1n) is 6.20. The van der Waals surface area contributed by atoms with Crippen LogP contribution >= 0.6 is 0 Å². The highest BCUT2D eigenvalue weighted by Crippen LogP contribution is 2.20. The third kappa shape index (κ3) is 4.03. The van der Waals surface area contributed by atoms with Crippen LogP contribution in [0.15, 0.2) is 29.2 Å². The van der Waals surface area contributed by atoms with Gasteiger partial charge in [0.1, 0.15) is 6.04 Å². The maximum Gasteiger partial charge on any atom is 0.323 e. The van der Waals surface area contributed by atoms with Crippen molar-refractivity contribution in [1.29, 1.82) is 0 Å². The summed E-state index contributed by atoms with van der Waals surface area (Å²) < 4.78 is 30.9. The van der Waals surface area contributed by atoms with E-state index in [1.54, 1.807) is 19.1 Å². The Morgan fingerprint density at radius 3 is 2.65 bits per heavy atom. The number of esters is 1. The van der Waals surface area contributed by atoms with Crippen LogP contribution in [0.5, 0.6) is 0 Å². The van der Waals surface area contributed by atoms with Crippen LogP contribution in [-0.2, 0) is 19.6 Å². The topological polar surface area (TPSA) is 92.7 Å². The molecule has 0 saturated heterocycles. The quantitative estimate of drug-likeness (QED) is 0.764. The summed E-state index contributed by atoms with van der Waals surface area (Å²) in [7, 11) is -2.65. The lowest BCUT2D eigenvalue weighted by Gasteiger charge is -2.14. The van der Waals surface area contributed by atoms with Crippen LogP contribution in [0.1, 0.15) is 31.9 Å². The SMILES string of the molecule is CCC(O)c1cccc(S(=O)(=O)NC(C)C(=O)OC)c1. The molecule has 7 heteroatoms. The number of sulfonamides is 1. The van der Waals surface area contributed by atoms with Crippen molar-refractivity contribution in [3.8, 4) is 0 Å². The molecule has 1 rings (SSSR count). The average Bonchev–Trinajstić information content (AvgIpc) is 2.45. The van der Waals surface area contributed by atoms with Crippen LogP contribution in [0.3, 0.4) is 0 Å². The molecule has 2 atom stereocenters. The fourth-order valence-corrected chi connectivity index (χ4v) is 2.90. The summed E-state index contributed by atoms with van der Waals surface area (Å²) in [5, 5.41) is 9.74. The lowest BCUT2D eigenvalue weighted by atomic mass is 10.1. The van der Waals surface area contributed by atoms with Gasteiger partial charge in [-0.05, 0) is 31.0 Å². The molecule has 0 aliphatic heterocycles. The van der Waals surface area contributed by atoms with Crippen molar-refractivity contribution in [2.45, 2.75) is 37.3 Å². The second kappa shape index (κ2) is 6.83. The second-order valence-corrected chi connectivity index (χ2v) is 6.08. The molecule has 0 aliphatic carbocycles. The van der Waals surface area contributed by atoms with Crippen molar-refractivity contribution in [1.82, 2.24) is 4.72 Å². The molecule has 0 aliphatic rings. The number of benzene rings is 1. The van der Waals surface area contributed by atoms with Crippen LogP contribution in [-0.4, -0.2) is 32.6 Å². The van der Waals surface area contributed by atoms with Gasteiger partial charge in [0.15, 0.2) is 0 Å². The Morgan fingerprint density at radius 2 is 2.10 bits per heavy atom. The predicted octanol–water partition coefficient (Wildman–Crippen LogP) is 0.970. The zero-order valence-electron chi connectivity index (χ0n) is 11.7. The number of aliphatic hydroxyl groups is 1. The Hall–Kier alpha value is -1.44. The van der Waals surface area contributed by atoms with E-state index < -0.39 is 28.1 Å². The number of carbonyl (C=O) groups excluding carboxylic acids is 1. The average molecular weight is 301 g/mol. The van der Waals surface area contributed by atoms with Gasteiger partial charge in [0.25, 0.3) is 0 Å². The summed E-state index contributed by atoms with van der Waals surface area (Å²) in [6.07, 6.45) is -0.238. The smallest absolute Gasteiger partial charge is 0.323 e.